The largest absolute Gasteiger partial charge is 0.505 e. The molecule has 0 radical (unpaired) electrons. The summed E-state index contributed by atoms with van der Waals surface area (Å²) in [4.78, 5) is 20.7. The van der Waals surface area contributed by atoms with Crippen molar-refractivity contribution in [3.05, 3.63) is 95.4 Å². The van der Waals surface area contributed by atoms with Crippen LogP contribution >= 0.6 is 0 Å². The van der Waals surface area contributed by atoms with Crippen LogP contribution in [0, 0.1) is 6.92 Å². The second-order valence-corrected chi connectivity index (χ2v) is 6.96. The topological polar surface area (TPSA) is 84.3 Å². The Balaban J connectivity index is 1.82. The van der Waals surface area contributed by atoms with Crippen molar-refractivity contribution in [1.82, 2.24) is 9.97 Å². The van der Waals surface area contributed by atoms with Crippen molar-refractivity contribution < 1.29 is 14.6 Å². The Morgan fingerprint density at radius 1 is 1.10 bits per heavy atom. The van der Waals surface area contributed by atoms with E-state index in [0.29, 0.717) is 22.3 Å². The molecular formula is C24H21N3O3. The summed E-state index contributed by atoms with van der Waals surface area (Å²) in [7, 11) is 1.35. The third-order valence-electron chi connectivity index (χ3n) is 4.93. The number of benzene rings is 2. The van der Waals surface area contributed by atoms with E-state index in [1.165, 1.54) is 7.11 Å². The van der Waals surface area contributed by atoms with Gasteiger partial charge >= 0.3 is 5.97 Å². The molecule has 1 unspecified atom stereocenters. The molecule has 0 aliphatic carbocycles. The molecule has 4 aromatic rings. The van der Waals surface area contributed by atoms with Gasteiger partial charge in [-0.3, -0.25) is 4.98 Å². The highest BCUT2D eigenvalue weighted by Gasteiger charge is 2.21. The Bertz CT molecular complexity index is 1210. The lowest BCUT2D eigenvalue weighted by molar-refractivity contribution is 0.0601. The van der Waals surface area contributed by atoms with Gasteiger partial charge in [0.25, 0.3) is 0 Å². The van der Waals surface area contributed by atoms with E-state index >= 15 is 0 Å². The minimum Gasteiger partial charge on any atom is -0.505 e. The van der Waals surface area contributed by atoms with Gasteiger partial charge in [0, 0.05) is 34.7 Å². The SMILES string of the molecule is COC(=O)c1cccc(NC(c2cccnc2)c2ccc3ccc(C)nc3c2O)c1. The number of phenols is 1. The Labute approximate surface area is 174 Å². The first-order chi connectivity index (χ1) is 14.6. The lowest BCUT2D eigenvalue weighted by Crippen LogP contribution is -2.14. The zero-order valence-electron chi connectivity index (χ0n) is 16.7. The van der Waals surface area contributed by atoms with Gasteiger partial charge in [-0.25, -0.2) is 9.78 Å². The molecule has 0 bridgehead atoms. The average molecular weight is 399 g/mol. The summed E-state index contributed by atoms with van der Waals surface area (Å²) in [5.74, 6) is -0.300. The van der Waals surface area contributed by atoms with Crippen LogP contribution in [0.2, 0.25) is 0 Å². The quantitative estimate of drug-likeness (QED) is 0.476. The van der Waals surface area contributed by atoms with Gasteiger partial charge < -0.3 is 15.2 Å². The van der Waals surface area contributed by atoms with Crippen molar-refractivity contribution >= 4 is 22.6 Å². The number of methoxy groups -OCH3 is 1. The first kappa shape index (κ1) is 19.4. The molecule has 6 heteroatoms. The standard InChI is InChI=1S/C24H21N3O3/c1-15-8-9-16-10-11-20(23(28)22(16)26-15)21(18-6-4-12-25-14-18)27-19-7-3-5-17(13-19)24(29)30-2/h3-14,21,27-28H,1-2H3. The molecule has 4 rings (SSSR count). The fourth-order valence-corrected chi connectivity index (χ4v) is 3.43. The van der Waals surface area contributed by atoms with Crippen molar-refractivity contribution in [2.75, 3.05) is 12.4 Å². The first-order valence-corrected chi connectivity index (χ1v) is 9.51. The van der Waals surface area contributed by atoms with Crippen LogP contribution in [0.3, 0.4) is 0 Å². The second-order valence-electron chi connectivity index (χ2n) is 6.96. The van der Waals surface area contributed by atoms with Crippen LogP contribution < -0.4 is 5.32 Å². The molecule has 2 N–H and O–H groups in total. The monoisotopic (exact) mass is 399 g/mol. The Kier molecular flexibility index (Phi) is 5.30. The number of aryl methyl sites for hydroxylation is 1. The maximum Gasteiger partial charge on any atom is 0.337 e. The predicted octanol–water partition coefficient (Wildman–Crippen LogP) is 4.63. The molecule has 0 spiro atoms. The average Bonchev–Trinajstić information content (AvgIpc) is 2.79. The Morgan fingerprint density at radius 3 is 2.70 bits per heavy atom. The van der Waals surface area contributed by atoms with Gasteiger partial charge in [0.15, 0.2) is 0 Å². The molecule has 30 heavy (non-hydrogen) atoms. The third-order valence-corrected chi connectivity index (χ3v) is 4.93. The van der Waals surface area contributed by atoms with Gasteiger partial charge in [-0.05, 0) is 42.8 Å². The van der Waals surface area contributed by atoms with Crippen LogP contribution in [0.15, 0.2) is 73.1 Å². The number of carbonyl (C=O) groups is 1. The minimum absolute atomic E-state index is 0.113. The number of ether oxygens (including phenoxy) is 1. The number of aromatic hydroxyl groups is 1. The van der Waals surface area contributed by atoms with Gasteiger partial charge in [0.05, 0.1) is 18.7 Å². The molecule has 6 nitrogen and oxygen atoms in total. The molecule has 0 aliphatic rings. The number of esters is 1. The van der Waals surface area contributed by atoms with Gasteiger partial charge in [-0.15, -0.1) is 0 Å². The number of anilines is 1. The fourth-order valence-electron chi connectivity index (χ4n) is 3.43. The summed E-state index contributed by atoms with van der Waals surface area (Å²) in [5.41, 5.74) is 4.05. The number of hydrogen-bond acceptors (Lipinski definition) is 6. The number of pyridine rings is 2. The van der Waals surface area contributed by atoms with Crippen LogP contribution in [-0.4, -0.2) is 28.2 Å². The van der Waals surface area contributed by atoms with Crippen molar-refractivity contribution in [3.8, 4) is 5.75 Å². The summed E-state index contributed by atoms with van der Waals surface area (Å²) < 4.78 is 4.82. The van der Waals surface area contributed by atoms with Crippen LogP contribution in [-0.2, 0) is 4.74 Å². The van der Waals surface area contributed by atoms with Crippen LogP contribution in [0.4, 0.5) is 5.69 Å². The van der Waals surface area contributed by atoms with Gasteiger partial charge in [-0.2, -0.15) is 0 Å². The number of hydrogen-bond donors (Lipinski definition) is 2. The summed E-state index contributed by atoms with van der Waals surface area (Å²) in [6.07, 6.45) is 3.44. The molecule has 2 aromatic carbocycles. The molecule has 0 saturated carbocycles. The summed E-state index contributed by atoms with van der Waals surface area (Å²) >= 11 is 0. The predicted molar refractivity (Wildman–Crippen MR) is 116 cm³/mol. The number of nitrogens with zero attached hydrogens (tertiary/aromatic N) is 2. The maximum atomic E-state index is 11.9. The molecule has 2 aromatic heterocycles. The Morgan fingerprint density at radius 2 is 1.93 bits per heavy atom. The highest BCUT2D eigenvalue weighted by Crippen LogP contribution is 2.36. The van der Waals surface area contributed by atoms with E-state index in [1.807, 2.05) is 49.4 Å². The van der Waals surface area contributed by atoms with Gasteiger partial charge in [-0.1, -0.05) is 30.3 Å². The molecule has 0 fully saturated rings. The molecule has 0 amide bonds. The zero-order chi connectivity index (χ0) is 21.1. The lowest BCUT2D eigenvalue weighted by Gasteiger charge is -2.22. The van der Waals surface area contributed by atoms with Crippen molar-refractivity contribution in [2.24, 2.45) is 0 Å². The van der Waals surface area contributed by atoms with Crippen LogP contribution in [0.5, 0.6) is 5.75 Å². The highest BCUT2D eigenvalue weighted by atomic mass is 16.5. The molecule has 0 aliphatic heterocycles. The van der Waals surface area contributed by atoms with Crippen molar-refractivity contribution in [3.63, 3.8) is 0 Å². The van der Waals surface area contributed by atoms with Crippen molar-refractivity contribution in [2.45, 2.75) is 13.0 Å². The fraction of sp³-hybridized carbons (Fsp3) is 0.125. The van der Waals surface area contributed by atoms with E-state index < -0.39 is 12.0 Å². The van der Waals surface area contributed by atoms with Gasteiger partial charge in [0.1, 0.15) is 11.3 Å². The van der Waals surface area contributed by atoms with Gasteiger partial charge in [0.2, 0.25) is 0 Å². The number of rotatable bonds is 5. The lowest BCUT2D eigenvalue weighted by atomic mass is 9.97. The molecule has 1 atom stereocenters. The number of carbonyl (C=O) groups excluding carboxylic acids is 1. The molecular weight excluding hydrogens is 378 g/mol. The summed E-state index contributed by atoms with van der Waals surface area (Å²) in [6, 6.07) is 18.1. The number of fused-ring (bicyclic) bond motifs is 1. The zero-order valence-corrected chi connectivity index (χ0v) is 16.7. The first-order valence-electron chi connectivity index (χ1n) is 9.51. The molecule has 2 heterocycles. The highest BCUT2D eigenvalue weighted by molar-refractivity contribution is 5.90. The van der Waals surface area contributed by atoms with E-state index in [2.05, 4.69) is 15.3 Å². The third kappa shape index (κ3) is 3.80. The van der Waals surface area contributed by atoms with E-state index in [1.54, 1.807) is 30.6 Å². The van der Waals surface area contributed by atoms with Crippen molar-refractivity contribution in [1.29, 1.82) is 0 Å². The molecule has 0 saturated heterocycles. The number of nitrogens with one attached hydrogen (secondary N) is 1. The van der Waals surface area contributed by atoms with E-state index in [0.717, 1.165) is 16.6 Å². The Hall–Kier alpha value is -3.93. The van der Waals surface area contributed by atoms with E-state index in [9.17, 15) is 9.90 Å². The van der Waals surface area contributed by atoms with Crippen LogP contribution in [0.1, 0.15) is 33.2 Å². The second kappa shape index (κ2) is 8.21. The normalized spacial score (nSPS) is 11.8. The summed E-state index contributed by atoms with van der Waals surface area (Å²) in [5, 5.41) is 15.3. The number of aromatic nitrogens is 2. The maximum absolute atomic E-state index is 11.9. The molecule has 150 valence electrons. The van der Waals surface area contributed by atoms with Crippen LogP contribution in [0.25, 0.3) is 10.9 Å². The summed E-state index contributed by atoms with van der Waals surface area (Å²) in [6.45, 7) is 1.89. The van der Waals surface area contributed by atoms with E-state index in [4.69, 9.17) is 4.74 Å². The van der Waals surface area contributed by atoms with E-state index in [-0.39, 0.29) is 5.75 Å². The number of phenolic OH excluding ortho intramolecular Hbond substituents is 1. The minimum atomic E-state index is -0.412. The smallest absolute Gasteiger partial charge is 0.337 e.